The Kier molecular flexibility index (Phi) is 4.11. The summed E-state index contributed by atoms with van der Waals surface area (Å²) in [5.74, 6) is 0.131. The fraction of sp³-hybridized carbons (Fsp3) is 0.500. The molecule has 3 heterocycles. The molecule has 2 aromatic rings. The molecule has 7 heteroatoms. The molecule has 1 N–H and O–H groups in total. The standard InChI is InChI=1S/C18H22N4O2S/c1-11-7-15(25-9-11)18(24)20-13-5-6-16(23)22(12-3-4-12)17(13)14-8-19-10-21(14)2/h7-10,12-13,17H,3-6H2,1-2H3,(H,20,24)/t13-,17-/m1/s1. The van der Waals surface area contributed by atoms with Crippen LogP contribution >= 0.6 is 11.3 Å². The summed E-state index contributed by atoms with van der Waals surface area (Å²) >= 11 is 1.46. The lowest BCUT2D eigenvalue weighted by Gasteiger charge is -2.41. The van der Waals surface area contributed by atoms with Gasteiger partial charge in [0.25, 0.3) is 5.91 Å². The molecule has 2 aromatic heterocycles. The van der Waals surface area contributed by atoms with E-state index >= 15 is 0 Å². The van der Waals surface area contributed by atoms with Crippen LogP contribution < -0.4 is 5.32 Å². The highest BCUT2D eigenvalue weighted by molar-refractivity contribution is 7.12. The average molecular weight is 358 g/mol. The number of piperidine rings is 1. The number of likely N-dealkylation sites (tertiary alicyclic amines) is 1. The fourth-order valence-corrected chi connectivity index (χ4v) is 4.44. The van der Waals surface area contributed by atoms with E-state index in [1.807, 2.05) is 41.1 Å². The van der Waals surface area contributed by atoms with Crippen LogP contribution in [0.4, 0.5) is 0 Å². The minimum atomic E-state index is -0.147. The molecule has 0 spiro atoms. The number of carbonyl (C=O) groups excluding carboxylic acids is 2. The van der Waals surface area contributed by atoms with Crippen LogP contribution in [-0.4, -0.2) is 38.3 Å². The number of aryl methyl sites for hydroxylation is 2. The number of hydrogen-bond donors (Lipinski definition) is 1. The van der Waals surface area contributed by atoms with E-state index in [-0.39, 0.29) is 23.9 Å². The quantitative estimate of drug-likeness (QED) is 0.913. The maximum atomic E-state index is 12.7. The first-order chi connectivity index (χ1) is 12.0. The normalized spacial score (nSPS) is 23.8. The molecule has 2 fully saturated rings. The molecule has 6 nitrogen and oxygen atoms in total. The van der Waals surface area contributed by atoms with Gasteiger partial charge in [0, 0.05) is 19.5 Å². The van der Waals surface area contributed by atoms with Gasteiger partial charge >= 0.3 is 0 Å². The third-order valence-electron chi connectivity index (χ3n) is 5.01. The Morgan fingerprint density at radius 3 is 2.76 bits per heavy atom. The van der Waals surface area contributed by atoms with E-state index in [4.69, 9.17) is 0 Å². The molecule has 132 valence electrons. The van der Waals surface area contributed by atoms with Crippen LogP contribution in [0.2, 0.25) is 0 Å². The van der Waals surface area contributed by atoms with Gasteiger partial charge in [-0.2, -0.15) is 0 Å². The highest BCUT2D eigenvalue weighted by Crippen LogP contribution is 2.40. The van der Waals surface area contributed by atoms with Crippen molar-refractivity contribution in [2.45, 2.75) is 50.7 Å². The number of imidazole rings is 1. The summed E-state index contributed by atoms with van der Waals surface area (Å²) in [6.45, 7) is 1.99. The number of aromatic nitrogens is 2. The molecule has 0 radical (unpaired) electrons. The maximum Gasteiger partial charge on any atom is 0.261 e. The van der Waals surface area contributed by atoms with Gasteiger partial charge in [-0.1, -0.05) is 0 Å². The first-order valence-corrected chi connectivity index (χ1v) is 9.56. The van der Waals surface area contributed by atoms with Crippen LogP contribution in [0.25, 0.3) is 0 Å². The van der Waals surface area contributed by atoms with E-state index < -0.39 is 0 Å². The predicted octanol–water partition coefficient (Wildman–Crippen LogP) is 2.41. The topological polar surface area (TPSA) is 67.2 Å². The molecule has 1 aliphatic heterocycles. The van der Waals surface area contributed by atoms with Crippen molar-refractivity contribution in [2.24, 2.45) is 7.05 Å². The van der Waals surface area contributed by atoms with Gasteiger partial charge in [0.2, 0.25) is 5.91 Å². The van der Waals surface area contributed by atoms with Crippen molar-refractivity contribution in [1.82, 2.24) is 19.8 Å². The summed E-state index contributed by atoms with van der Waals surface area (Å²) in [5.41, 5.74) is 2.07. The zero-order chi connectivity index (χ0) is 17.6. The monoisotopic (exact) mass is 358 g/mol. The highest BCUT2D eigenvalue weighted by Gasteiger charge is 2.45. The van der Waals surface area contributed by atoms with E-state index in [0.717, 1.165) is 29.0 Å². The SMILES string of the molecule is Cc1csc(C(=O)N[C@@H]2CCC(=O)N(C3CC3)[C@H]2c2cncn2C)c1. The van der Waals surface area contributed by atoms with E-state index in [9.17, 15) is 9.59 Å². The first-order valence-electron chi connectivity index (χ1n) is 8.68. The number of thiophene rings is 1. The molecular formula is C18H22N4O2S. The second-order valence-electron chi connectivity index (χ2n) is 7.01. The average Bonchev–Trinajstić information content (AvgIpc) is 3.18. The van der Waals surface area contributed by atoms with Crippen molar-refractivity contribution in [3.8, 4) is 0 Å². The van der Waals surface area contributed by atoms with Crippen LogP contribution in [0.15, 0.2) is 24.0 Å². The zero-order valence-corrected chi connectivity index (χ0v) is 15.3. The van der Waals surface area contributed by atoms with Gasteiger partial charge < -0.3 is 14.8 Å². The second kappa shape index (κ2) is 6.29. The molecule has 25 heavy (non-hydrogen) atoms. The number of hydrogen-bond acceptors (Lipinski definition) is 4. The van der Waals surface area contributed by atoms with Crippen LogP contribution in [-0.2, 0) is 11.8 Å². The molecular weight excluding hydrogens is 336 g/mol. The molecule has 2 atom stereocenters. The van der Waals surface area contributed by atoms with Crippen molar-refractivity contribution < 1.29 is 9.59 Å². The molecule has 1 saturated heterocycles. The van der Waals surface area contributed by atoms with Crippen molar-refractivity contribution in [3.05, 3.63) is 40.1 Å². The molecule has 2 aliphatic rings. The lowest BCUT2D eigenvalue weighted by atomic mass is 9.92. The highest BCUT2D eigenvalue weighted by atomic mass is 32.1. The number of rotatable bonds is 4. The van der Waals surface area contributed by atoms with Gasteiger partial charge in [0.05, 0.1) is 35.2 Å². The smallest absolute Gasteiger partial charge is 0.261 e. The Balaban J connectivity index is 1.63. The van der Waals surface area contributed by atoms with E-state index in [1.54, 1.807) is 6.33 Å². The van der Waals surface area contributed by atoms with Crippen molar-refractivity contribution in [3.63, 3.8) is 0 Å². The minimum Gasteiger partial charge on any atom is -0.346 e. The fourth-order valence-electron chi connectivity index (χ4n) is 3.64. The lowest BCUT2D eigenvalue weighted by molar-refractivity contribution is -0.138. The summed E-state index contributed by atoms with van der Waals surface area (Å²) in [6, 6.07) is 1.97. The molecule has 0 bridgehead atoms. The second-order valence-corrected chi connectivity index (χ2v) is 7.92. The van der Waals surface area contributed by atoms with E-state index in [0.29, 0.717) is 18.9 Å². The first kappa shape index (κ1) is 16.3. The maximum absolute atomic E-state index is 12.7. The number of nitrogens with one attached hydrogen (secondary N) is 1. The summed E-state index contributed by atoms with van der Waals surface area (Å²) < 4.78 is 1.95. The van der Waals surface area contributed by atoms with Gasteiger partial charge in [-0.3, -0.25) is 9.59 Å². The van der Waals surface area contributed by atoms with Crippen molar-refractivity contribution >= 4 is 23.2 Å². The Morgan fingerprint density at radius 2 is 2.16 bits per heavy atom. The third-order valence-corrected chi connectivity index (χ3v) is 6.05. The number of carbonyl (C=O) groups is 2. The van der Waals surface area contributed by atoms with Crippen LogP contribution in [0.1, 0.15) is 52.7 Å². The van der Waals surface area contributed by atoms with Crippen molar-refractivity contribution in [2.75, 3.05) is 0 Å². The van der Waals surface area contributed by atoms with E-state index in [2.05, 4.69) is 10.3 Å². The third kappa shape index (κ3) is 3.08. The van der Waals surface area contributed by atoms with Gasteiger partial charge in [0.1, 0.15) is 0 Å². The molecule has 4 rings (SSSR count). The van der Waals surface area contributed by atoms with Crippen LogP contribution in [0.5, 0.6) is 0 Å². The van der Waals surface area contributed by atoms with E-state index in [1.165, 1.54) is 11.3 Å². The van der Waals surface area contributed by atoms with Crippen molar-refractivity contribution in [1.29, 1.82) is 0 Å². The van der Waals surface area contributed by atoms with Crippen LogP contribution in [0.3, 0.4) is 0 Å². The lowest BCUT2D eigenvalue weighted by Crippen LogP contribution is -2.53. The summed E-state index contributed by atoms with van der Waals surface area (Å²) in [4.78, 5) is 32.2. The Hall–Kier alpha value is -2.15. The molecule has 1 aliphatic carbocycles. The zero-order valence-electron chi connectivity index (χ0n) is 14.4. The summed E-state index contributed by atoms with van der Waals surface area (Å²) in [6.07, 6.45) is 6.80. The number of amides is 2. The Morgan fingerprint density at radius 1 is 1.36 bits per heavy atom. The predicted molar refractivity (Wildman–Crippen MR) is 95.4 cm³/mol. The Bertz CT molecular complexity index is 808. The number of nitrogens with zero attached hydrogens (tertiary/aromatic N) is 3. The molecule has 0 aromatic carbocycles. The van der Waals surface area contributed by atoms with Gasteiger partial charge in [-0.15, -0.1) is 11.3 Å². The largest absolute Gasteiger partial charge is 0.346 e. The Labute approximate surface area is 150 Å². The van der Waals surface area contributed by atoms with Gasteiger partial charge in [0.15, 0.2) is 0 Å². The minimum absolute atomic E-state index is 0.0552. The van der Waals surface area contributed by atoms with Gasteiger partial charge in [-0.25, -0.2) is 4.98 Å². The molecule has 1 saturated carbocycles. The molecule has 2 amide bonds. The summed E-state index contributed by atoms with van der Waals surface area (Å²) in [7, 11) is 1.94. The van der Waals surface area contributed by atoms with Crippen LogP contribution in [0, 0.1) is 6.92 Å². The molecule has 0 unspecified atom stereocenters. The van der Waals surface area contributed by atoms with Gasteiger partial charge in [-0.05, 0) is 43.2 Å². The summed E-state index contributed by atoms with van der Waals surface area (Å²) in [5, 5.41) is 5.16.